The minimum absolute atomic E-state index is 0.152. The molecule has 0 saturated heterocycles. The van der Waals surface area contributed by atoms with Crippen LogP contribution in [0.1, 0.15) is 38.2 Å². The van der Waals surface area contributed by atoms with Gasteiger partial charge in [-0.15, -0.1) is 0 Å². The molecule has 1 rings (SSSR count). The lowest BCUT2D eigenvalue weighted by molar-refractivity contribution is 0.0587. The van der Waals surface area contributed by atoms with Crippen LogP contribution in [0.25, 0.3) is 0 Å². The summed E-state index contributed by atoms with van der Waals surface area (Å²) in [6.45, 7) is 8.48. The van der Waals surface area contributed by atoms with Gasteiger partial charge in [0, 0.05) is 12.1 Å². The van der Waals surface area contributed by atoms with E-state index in [0.29, 0.717) is 6.54 Å². The Morgan fingerprint density at radius 2 is 2.21 bits per heavy atom. The zero-order chi connectivity index (χ0) is 10.8. The van der Waals surface area contributed by atoms with E-state index in [4.69, 9.17) is 0 Å². The molecule has 0 unspecified atom stereocenters. The Morgan fingerprint density at radius 1 is 1.57 bits per heavy atom. The molecule has 5 nitrogen and oxygen atoms in total. The number of amides is 1. The Labute approximate surface area is 83.0 Å². The van der Waals surface area contributed by atoms with Crippen LogP contribution in [0.4, 0.5) is 0 Å². The van der Waals surface area contributed by atoms with Crippen molar-refractivity contribution in [3.63, 3.8) is 0 Å². The van der Waals surface area contributed by atoms with Crippen molar-refractivity contribution < 1.29 is 9.42 Å². The standard InChI is InChI=1S/C9H15N3O2/c1-5-12(9(2,3)4)8(13)7-6-10-14-11-7/h6H,5H2,1-4H3. The number of rotatable bonds is 2. The molecule has 0 fully saturated rings. The molecule has 0 saturated carbocycles. The van der Waals surface area contributed by atoms with Gasteiger partial charge >= 0.3 is 0 Å². The first-order chi connectivity index (χ1) is 6.46. The molecule has 0 N–H and O–H groups in total. The molecule has 1 heterocycles. The summed E-state index contributed by atoms with van der Waals surface area (Å²) in [5, 5.41) is 6.93. The van der Waals surface area contributed by atoms with Gasteiger partial charge in [0.05, 0.1) is 0 Å². The summed E-state index contributed by atoms with van der Waals surface area (Å²) < 4.78 is 4.40. The van der Waals surface area contributed by atoms with E-state index in [-0.39, 0.29) is 17.1 Å². The first kappa shape index (κ1) is 10.7. The zero-order valence-electron chi connectivity index (χ0n) is 8.94. The minimum Gasteiger partial charge on any atom is -0.333 e. The summed E-state index contributed by atoms with van der Waals surface area (Å²) in [5.41, 5.74) is 0.0342. The smallest absolute Gasteiger partial charge is 0.278 e. The van der Waals surface area contributed by atoms with Crippen LogP contribution in [0.5, 0.6) is 0 Å². The van der Waals surface area contributed by atoms with Gasteiger partial charge in [0.15, 0.2) is 5.69 Å². The minimum atomic E-state index is -0.217. The Hall–Kier alpha value is -1.39. The molecule has 0 spiro atoms. The number of aromatic nitrogens is 2. The highest BCUT2D eigenvalue weighted by atomic mass is 16.6. The van der Waals surface area contributed by atoms with E-state index in [0.717, 1.165) is 0 Å². The van der Waals surface area contributed by atoms with E-state index >= 15 is 0 Å². The van der Waals surface area contributed by atoms with E-state index < -0.39 is 0 Å². The molecule has 0 bridgehead atoms. The molecular weight excluding hydrogens is 182 g/mol. The quantitative estimate of drug-likeness (QED) is 0.717. The Bertz CT molecular complexity index is 300. The maximum atomic E-state index is 11.8. The van der Waals surface area contributed by atoms with Crippen LogP contribution in [0.2, 0.25) is 0 Å². The third-order valence-corrected chi connectivity index (χ3v) is 1.95. The summed E-state index contributed by atoms with van der Waals surface area (Å²) in [6.07, 6.45) is 1.33. The highest BCUT2D eigenvalue weighted by molar-refractivity contribution is 5.92. The molecular formula is C9H15N3O2. The van der Waals surface area contributed by atoms with E-state index in [9.17, 15) is 4.79 Å². The topological polar surface area (TPSA) is 59.2 Å². The Balaban J connectivity index is 2.87. The Kier molecular flexibility index (Phi) is 2.88. The molecule has 0 atom stereocenters. The van der Waals surface area contributed by atoms with E-state index in [1.54, 1.807) is 4.90 Å². The first-order valence-corrected chi connectivity index (χ1v) is 4.56. The number of hydrogen-bond acceptors (Lipinski definition) is 4. The second-order valence-electron chi connectivity index (χ2n) is 4.01. The van der Waals surface area contributed by atoms with E-state index in [1.165, 1.54) is 6.20 Å². The molecule has 5 heteroatoms. The maximum absolute atomic E-state index is 11.8. The molecule has 1 amide bonds. The normalized spacial score (nSPS) is 11.4. The van der Waals surface area contributed by atoms with Gasteiger partial charge < -0.3 is 4.90 Å². The van der Waals surface area contributed by atoms with Crippen LogP contribution >= 0.6 is 0 Å². The van der Waals surface area contributed by atoms with Crippen LogP contribution in [-0.4, -0.2) is 33.2 Å². The monoisotopic (exact) mass is 197 g/mol. The SMILES string of the molecule is CCN(C(=O)c1cnon1)C(C)(C)C. The van der Waals surface area contributed by atoms with Gasteiger partial charge in [0.1, 0.15) is 6.20 Å². The average Bonchev–Trinajstić information content (AvgIpc) is 2.53. The molecule has 0 radical (unpaired) electrons. The highest BCUT2D eigenvalue weighted by Crippen LogP contribution is 2.15. The van der Waals surface area contributed by atoms with Gasteiger partial charge in [-0.1, -0.05) is 5.16 Å². The predicted molar refractivity (Wildman–Crippen MR) is 50.8 cm³/mol. The molecule has 78 valence electrons. The number of carbonyl (C=O) groups excluding carboxylic acids is 1. The molecule has 1 aromatic rings. The highest BCUT2D eigenvalue weighted by Gasteiger charge is 2.27. The summed E-state index contributed by atoms with van der Waals surface area (Å²) in [7, 11) is 0. The van der Waals surface area contributed by atoms with Crippen molar-refractivity contribution >= 4 is 5.91 Å². The van der Waals surface area contributed by atoms with Crippen LogP contribution in [0.3, 0.4) is 0 Å². The number of hydrogen-bond donors (Lipinski definition) is 0. The number of carbonyl (C=O) groups is 1. The van der Waals surface area contributed by atoms with Crippen molar-refractivity contribution in [1.82, 2.24) is 15.2 Å². The molecule has 0 aliphatic rings. The zero-order valence-corrected chi connectivity index (χ0v) is 8.94. The van der Waals surface area contributed by atoms with Crippen LogP contribution < -0.4 is 0 Å². The van der Waals surface area contributed by atoms with Gasteiger partial charge in [0.25, 0.3) is 5.91 Å². The van der Waals surface area contributed by atoms with Gasteiger partial charge in [-0.05, 0) is 32.9 Å². The first-order valence-electron chi connectivity index (χ1n) is 4.56. The van der Waals surface area contributed by atoms with Crippen molar-refractivity contribution in [3.05, 3.63) is 11.9 Å². The fraction of sp³-hybridized carbons (Fsp3) is 0.667. The van der Waals surface area contributed by atoms with Crippen LogP contribution in [0.15, 0.2) is 10.8 Å². The third kappa shape index (κ3) is 2.10. The van der Waals surface area contributed by atoms with Crippen LogP contribution in [0, 0.1) is 0 Å². The van der Waals surface area contributed by atoms with Crippen molar-refractivity contribution in [2.24, 2.45) is 0 Å². The summed E-state index contributed by atoms with van der Waals surface area (Å²) >= 11 is 0. The van der Waals surface area contributed by atoms with Crippen molar-refractivity contribution in [1.29, 1.82) is 0 Å². The lowest BCUT2D eigenvalue weighted by Crippen LogP contribution is -2.45. The predicted octanol–water partition coefficient (Wildman–Crippen LogP) is 1.33. The summed E-state index contributed by atoms with van der Waals surface area (Å²) in [5.74, 6) is -0.152. The van der Waals surface area contributed by atoms with Crippen molar-refractivity contribution in [2.75, 3.05) is 6.54 Å². The lowest BCUT2D eigenvalue weighted by atomic mass is 10.1. The molecule has 0 aromatic carbocycles. The van der Waals surface area contributed by atoms with Crippen LogP contribution in [-0.2, 0) is 0 Å². The fourth-order valence-corrected chi connectivity index (χ4v) is 1.32. The molecule has 0 aliphatic heterocycles. The van der Waals surface area contributed by atoms with Gasteiger partial charge in [0.2, 0.25) is 0 Å². The average molecular weight is 197 g/mol. The molecule has 0 aliphatic carbocycles. The number of nitrogens with zero attached hydrogens (tertiary/aromatic N) is 3. The second kappa shape index (κ2) is 3.77. The third-order valence-electron chi connectivity index (χ3n) is 1.95. The molecule has 14 heavy (non-hydrogen) atoms. The van der Waals surface area contributed by atoms with Gasteiger partial charge in [-0.25, -0.2) is 4.63 Å². The Morgan fingerprint density at radius 3 is 2.57 bits per heavy atom. The maximum Gasteiger partial charge on any atom is 0.278 e. The van der Waals surface area contributed by atoms with E-state index in [2.05, 4.69) is 14.9 Å². The second-order valence-corrected chi connectivity index (χ2v) is 4.01. The largest absolute Gasteiger partial charge is 0.333 e. The fourth-order valence-electron chi connectivity index (χ4n) is 1.32. The van der Waals surface area contributed by atoms with Gasteiger partial charge in [-0.3, -0.25) is 4.79 Å². The molecule has 1 aromatic heterocycles. The van der Waals surface area contributed by atoms with E-state index in [1.807, 2.05) is 27.7 Å². The summed E-state index contributed by atoms with van der Waals surface area (Å²) in [6, 6.07) is 0. The summed E-state index contributed by atoms with van der Waals surface area (Å²) in [4.78, 5) is 13.6. The van der Waals surface area contributed by atoms with Crippen molar-refractivity contribution in [3.8, 4) is 0 Å². The van der Waals surface area contributed by atoms with Gasteiger partial charge in [-0.2, -0.15) is 0 Å². The van der Waals surface area contributed by atoms with Crippen molar-refractivity contribution in [2.45, 2.75) is 33.2 Å². The lowest BCUT2D eigenvalue weighted by Gasteiger charge is -2.33.